The lowest BCUT2D eigenvalue weighted by atomic mass is 10.0. The van der Waals surface area contributed by atoms with E-state index < -0.39 is 0 Å². The molecule has 0 spiro atoms. The molecule has 0 saturated carbocycles. The first-order chi connectivity index (χ1) is 12.4. The van der Waals surface area contributed by atoms with Crippen molar-refractivity contribution < 1.29 is 14.3 Å². The normalized spacial score (nSPS) is 23.2. The molecular formula is C19H27N3O3S. The van der Waals surface area contributed by atoms with Crippen LogP contribution in [0, 0.1) is 0 Å². The molecule has 0 aliphatic carbocycles. The van der Waals surface area contributed by atoms with E-state index >= 15 is 0 Å². The lowest BCUT2D eigenvalue weighted by Gasteiger charge is -2.32. The molecule has 2 aliphatic rings. The maximum absolute atomic E-state index is 11.7. The number of unbranched alkanes of at least 4 members (excludes halogenated alkanes) is 1. The van der Waals surface area contributed by atoms with Crippen molar-refractivity contribution in [2.45, 2.75) is 44.9 Å². The second-order valence-electron chi connectivity index (χ2n) is 7.36. The summed E-state index contributed by atoms with van der Waals surface area (Å²) in [5.41, 5.74) is -0.198. The predicted octanol–water partition coefficient (Wildman–Crippen LogP) is 2.88. The van der Waals surface area contributed by atoms with Crippen LogP contribution in [-0.2, 0) is 4.79 Å². The van der Waals surface area contributed by atoms with Crippen molar-refractivity contribution in [3.63, 3.8) is 0 Å². The number of likely N-dealkylation sites (N-methyl/N-ethyl adjacent to an activating group) is 1. The number of rotatable bonds is 6. The third kappa shape index (κ3) is 5.14. The Bertz CT molecular complexity index is 678. The summed E-state index contributed by atoms with van der Waals surface area (Å²) in [6, 6.07) is 7.76. The molecule has 142 valence electrons. The zero-order valence-electron chi connectivity index (χ0n) is 15.7. The molecule has 1 N–H and O–H groups in total. The number of hydrogen-bond acceptors (Lipinski definition) is 6. The molecule has 0 radical (unpaired) electrons. The predicted molar refractivity (Wildman–Crippen MR) is 105 cm³/mol. The standard InChI is InChI=1S/C19H27N3O3S/c1-19(2)12-17(23)26-18(21-19)20-10-6-7-11-22(3)16-13-24-14-8-4-5-9-15(14)25-16/h4-5,8-9,16H,6-7,10-13H2,1-3H3,(H,20,21). The van der Waals surface area contributed by atoms with Crippen LogP contribution >= 0.6 is 11.8 Å². The molecule has 1 saturated heterocycles. The van der Waals surface area contributed by atoms with Crippen LogP contribution in [0.15, 0.2) is 29.3 Å². The average Bonchev–Trinajstić information content (AvgIpc) is 2.59. The molecule has 3 rings (SSSR count). The van der Waals surface area contributed by atoms with Gasteiger partial charge in [-0.3, -0.25) is 14.7 Å². The van der Waals surface area contributed by atoms with Gasteiger partial charge < -0.3 is 14.8 Å². The molecule has 1 fully saturated rings. The molecule has 1 atom stereocenters. The van der Waals surface area contributed by atoms with E-state index in [-0.39, 0.29) is 16.9 Å². The number of benzene rings is 1. The minimum Gasteiger partial charge on any atom is -0.484 e. The van der Waals surface area contributed by atoms with Crippen LogP contribution in [-0.4, -0.2) is 53.7 Å². The topological polar surface area (TPSA) is 63.2 Å². The largest absolute Gasteiger partial charge is 0.484 e. The summed E-state index contributed by atoms with van der Waals surface area (Å²) in [7, 11) is 2.05. The maximum Gasteiger partial charge on any atom is 0.198 e. The summed E-state index contributed by atoms with van der Waals surface area (Å²) in [6.45, 7) is 6.22. The average molecular weight is 378 g/mol. The van der Waals surface area contributed by atoms with Gasteiger partial charge in [-0.15, -0.1) is 0 Å². The monoisotopic (exact) mass is 377 g/mol. The van der Waals surface area contributed by atoms with Crippen molar-refractivity contribution in [3.05, 3.63) is 24.3 Å². The SMILES string of the molecule is CN(CCCCN=C1NC(C)(C)CC(=O)S1)C1COc2ccccc2O1. The Hall–Kier alpha value is -1.73. The molecule has 0 aromatic heterocycles. The minimum absolute atomic E-state index is 0.0646. The third-order valence-corrected chi connectivity index (χ3v) is 5.20. The molecule has 2 heterocycles. The number of hydrogen-bond donors (Lipinski definition) is 1. The summed E-state index contributed by atoms with van der Waals surface area (Å²) in [6.07, 6.45) is 2.45. The Labute approximate surface area is 159 Å². The Morgan fingerprint density at radius 2 is 2.08 bits per heavy atom. The lowest BCUT2D eigenvalue weighted by molar-refractivity contribution is -0.112. The van der Waals surface area contributed by atoms with Crippen LogP contribution in [0.4, 0.5) is 0 Å². The van der Waals surface area contributed by atoms with Crippen LogP contribution in [0.25, 0.3) is 0 Å². The van der Waals surface area contributed by atoms with Crippen LogP contribution < -0.4 is 14.8 Å². The highest BCUT2D eigenvalue weighted by atomic mass is 32.2. The molecule has 1 aromatic carbocycles. The fourth-order valence-corrected chi connectivity index (χ4v) is 4.09. The van der Waals surface area contributed by atoms with E-state index in [0.29, 0.717) is 13.0 Å². The number of nitrogens with one attached hydrogen (secondary N) is 1. The highest BCUT2D eigenvalue weighted by Gasteiger charge is 2.30. The van der Waals surface area contributed by atoms with Crippen molar-refractivity contribution in [1.82, 2.24) is 10.2 Å². The Morgan fingerprint density at radius 1 is 1.31 bits per heavy atom. The van der Waals surface area contributed by atoms with Gasteiger partial charge in [0, 0.05) is 25.0 Å². The minimum atomic E-state index is -0.198. The van der Waals surface area contributed by atoms with Gasteiger partial charge in [0.2, 0.25) is 0 Å². The van der Waals surface area contributed by atoms with Gasteiger partial charge in [0.25, 0.3) is 0 Å². The molecule has 1 aromatic rings. The zero-order valence-corrected chi connectivity index (χ0v) is 16.5. The van der Waals surface area contributed by atoms with Gasteiger partial charge in [0.1, 0.15) is 6.61 Å². The first-order valence-electron chi connectivity index (χ1n) is 9.05. The van der Waals surface area contributed by atoms with Crippen LogP contribution in [0.2, 0.25) is 0 Å². The second kappa shape index (κ2) is 8.31. The highest BCUT2D eigenvalue weighted by Crippen LogP contribution is 2.31. The molecular weight excluding hydrogens is 350 g/mol. The van der Waals surface area contributed by atoms with Gasteiger partial charge in [0.15, 0.2) is 28.0 Å². The molecule has 6 nitrogen and oxygen atoms in total. The fourth-order valence-electron chi connectivity index (χ4n) is 2.96. The number of amidine groups is 1. The smallest absolute Gasteiger partial charge is 0.198 e. The molecule has 7 heteroatoms. The Kier molecular flexibility index (Phi) is 6.09. The van der Waals surface area contributed by atoms with E-state index in [4.69, 9.17) is 9.47 Å². The first kappa shape index (κ1) is 19.0. The van der Waals surface area contributed by atoms with Crippen LogP contribution in [0.1, 0.15) is 33.1 Å². The van der Waals surface area contributed by atoms with Crippen LogP contribution in [0.3, 0.4) is 0 Å². The van der Waals surface area contributed by atoms with E-state index in [9.17, 15) is 4.79 Å². The highest BCUT2D eigenvalue weighted by molar-refractivity contribution is 8.26. The van der Waals surface area contributed by atoms with E-state index in [1.54, 1.807) is 0 Å². The molecule has 1 unspecified atom stereocenters. The van der Waals surface area contributed by atoms with Gasteiger partial charge in [-0.05, 0) is 57.6 Å². The van der Waals surface area contributed by atoms with Gasteiger partial charge in [0.05, 0.1) is 0 Å². The third-order valence-electron chi connectivity index (χ3n) is 4.40. The molecule has 2 aliphatic heterocycles. The number of fused-ring (bicyclic) bond motifs is 1. The van der Waals surface area contributed by atoms with Crippen molar-refractivity contribution in [1.29, 1.82) is 0 Å². The molecule has 26 heavy (non-hydrogen) atoms. The van der Waals surface area contributed by atoms with Crippen LogP contribution in [0.5, 0.6) is 11.5 Å². The number of nitrogens with zero attached hydrogens (tertiary/aromatic N) is 2. The number of para-hydroxylation sites is 2. The summed E-state index contributed by atoms with van der Waals surface area (Å²) in [5.74, 6) is 1.61. The number of thioether (sulfide) groups is 1. The fraction of sp³-hybridized carbons (Fsp3) is 0.579. The number of carbonyl (C=O) groups is 1. The van der Waals surface area contributed by atoms with Crippen molar-refractivity contribution in [3.8, 4) is 11.5 Å². The lowest BCUT2D eigenvalue weighted by Crippen LogP contribution is -2.47. The number of ether oxygens (including phenoxy) is 2. The quantitative estimate of drug-likeness (QED) is 0.769. The number of aliphatic imine (C=N–C) groups is 1. The van der Waals surface area contributed by atoms with E-state index in [2.05, 4.69) is 15.2 Å². The Morgan fingerprint density at radius 3 is 2.85 bits per heavy atom. The van der Waals surface area contributed by atoms with E-state index in [0.717, 1.165) is 42.6 Å². The van der Waals surface area contributed by atoms with Crippen molar-refractivity contribution in [2.24, 2.45) is 4.99 Å². The maximum atomic E-state index is 11.7. The van der Waals surface area contributed by atoms with Gasteiger partial charge in [-0.2, -0.15) is 0 Å². The second-order valence-corrected chi connectivity index (χ2v) is 8.41. The zero-order chi connectivity index (χ0) is 18.6. The van der Waals surface area contributed by atoms with Crippen molar-refractivity contribution >= 4 is 22.0 Å². The summed E-state index contributed by atoms with van der Waals surface area (Å²) >= 11 is 1.22. The van der Waals surface area contributed by atoms with Gasteiger partial charge in [-0.25, -0.2) is 0 Å². The molecule has 0 bridgehead atoms. The van der Waals surface area contributed by atoms with E-state index in [1.165, 1.54) is 11.8 Å². The van der Waals surface area contributed by atoms with Crippen molar-refractivity contribution in [2.75, 3.05) is 26.7 Å². The summed E-state index contributed by atoms with van der Waals surface area (Å²) in [4.78, 5) is 18.5. The number of carbonyl (C=O) groups excluding carboxylic acids is 1. The first-order valence-corrected chi connectivity index (χ1v) is 9.87. The summed E-state index contributed by atoms with van der Waals surface area (Å²) in [5, 5.41) is 4.26. The summed E-state index contributed by atoms with van der Waals surface area (Å²) < 4.78 is 11.8. The van der Waals surface area contributed by atoms with E-state index in [1.807, 2.05) is 45.2 Å². The Balaban J connectivity index is 1.39. The molecule has 0 amide bonds. The van der Waals surface area contributed by atoms with Gasteiger partial charge in [-0.1, -0.05) is 12.1 Å². The van der Waals surface area contributed by atoms with Gasteiger partial charge >= 0.3 is 0 Å².